The SMILES string of the molecule is CCCCOCCS(=O)(=O)CC1(CC(=O)O)CC1. The number of carboxylic acid groups (broad SMARTS) is 1. The van der Waals surface area contributed by atoms with Crippen LogP contribution in [0.5, 0.6) is 0 Å². The number of rotatable bonds is 10. The molecule has 0 aromatic rings. The molecule has 1 saturated carbocycles. The van der Waals surface area contributed by atoms with E-state index in [0.717, 1.165) is 12.8 Å². The number of carbonyl (C=O) groups is 1. The van der Waals surface area contributed by atoms with Crippen molar-refractivity contribution >= 4 is 15.8 Å². The van der Waals surface area contributed by atoms with E-state index in [-0.39, 0.29) is 24.5 Å². The van der Waals surface area contributed by atoms with Crippen LogP contribution in [0.15, 0.2) is 0 Å². The normalized spacial score (nSPS) is 17.6. The van der Waals surface area contributed by atoms with E-state index in [1.807, 2.05) is 6.92 Å². The molecule has 1 aliphatic carbocycles. The zero-order chi connectivity index (χ0) is 13.6. The summed E-state index contributed by atoms with van der Waals surface area (Å²) in [5.41, 5.74) is -0.492. The van der Waals surface area contributed by atoms with Crippen LogP contribution in [0.2, 0.25) is 0 Å². The Morgan fingerprint density at radius 2 is 2.00 bits per heavy atom. The lowest BCUT2D eigenvalue weighted by Gasteiger charge is -2.12. The van der Waals surface area contributed by atoms with Crippen LogP contribution >= 0.6 is 0 Å². The van der Waals surface area contributed by atoms with Gasteiger partial charge in [-0.1, -0.05) is 13.3 Å². The van der Waals surface area contributed by atoms with E-state index in [0.29, 0.717) is 19.4 Å². The second-order valence-corrected chi connectivity index (χ2v) is 7.31. The highest BCUT2D eigenvalue weighted by atomic mass is 32.2. The number of unbranched alkanes of at least 4 members (excludes halogenated alkanes) is 1. The summed E-state index contributed by atoms with van der Waals surface area (Å²) < 4.78 is 28.9. The first-order valence-corrected chi connectivity index (χ1v) is 8.21. The summed E-state index contributed by atoms with van der Waals surface area (Å²) in [5, 5.41) is 8.74. The molecule has 0 saturated heterocycles. The lowest BCUT2D eigenvalue weighted by Crippen LogP contribution is -2.24. The van der Waals surface area contributed by atoms with E-state index in [2.05, 4.69) is 0 Å². The van der Waals surface area contributed by atoms with Crippen LogP contribution in [0.25, 0.3) is 0 Å². The summed E-state index contributed by atoms with van der Waals surface area (Å²) in [6, 6.07) is 0. The molecule has 0 unspecified atom stereocenters. The van der Waals surface area contributed by atoms with Crippen LogP contribution in [0.3, 0.4) is 0 Å². The first-order chi connectivity index (χ1) is 8.39. The topological polar surface area (TPSA) is 80.7 Å². The molecule has 1 aliphatic rings. The molecule has 18 heavy (non-hydrogen) atoms. The van der Waals surface area contributed by atoms with E-state index >= 15 is 0 Å². The summed E-state index contributed by atoms with van der Waals surface area (Å²) in [6.45, 7) is 2.85. The Hall–Kier alpha value is -0.620. The highest BCUT2D eigenvalue weighted by Crippen LogP contribution is 2.49. The Morgan fingerprint density at radius 3 is 2.50 bits per heavy atom. The predicted molar refractivity (Wildman–Crippen MR) is 68.3 cm³/mol. The fourth-order valence-corrected chi connectivity index (χ4v) is 3.78. The molecule has 6 heteroatoms. The molecule has 0 aromatic carbocycles. The number of hydrogen-bond donors (Lipinski definition) is 1. The molecule has 0 spiro atoms. The summed E-state index contributed by atoms with van der Waals surface area (Å²) in [7, 11) is -3.20. The molecule has 5 nitrogen and oxygen atoms in total. The van der Waals surface area contributed by atoms with E-state index in [1.54, 1.807) is 0 Å². The average Bonchev–Trinajstić information content (AvgIpc) is 2.95. The van der Waals surface area contributed by atoms with Crippen molar-refractivity contribution < 1.29 is 23.1 Å². The molecule has 0 aromatic heterocycles. The Kier molecular flexibility index (Phi) is 5.59. The minimum atomic E-state index is -3.20. The maximum absolute atomic E-state index is 11.8. The van der Waals surface area contributed by atoms with Gasteiger partial charge in [0.15, 0.2) is 9.84 Å². The highest BCUT2D eigenvalue weighted by Gasteiger charge is 2.47. The number of sulfone groups is 1. The van der Waals surface area contributed by atoms with Crippen molar-refractivity contribution in [2.45, 2.75) is 39.0 Å². The minimum Gasteiger partial charge on any atom is -0.481 e. The molecular formula is C12H22O5S. The van der Waals surface area contributed by atoms with Crippen LogP contribution in [0, 0.1) is 5.41 Å². The van der Waals surface area contributed by atoms with E-state index in [9.17, 15) is 13.2 Å². The van der Waals surface area contributed by atoms with Crippen LogP contribution < -0.4 is 0 Å². The fourth-order valence-electron chi connectivity index (χ4n) is 1.94. The van der Waals surface area contributed by atoms with Gasteiger partial charge in [-0.25, -0.2) is 8.42 Å². The van der Waals surface area contributed by atoms with Crippen LogP contribution in [-0.2, 0) is 19.4 Å². The molecule has 0 radical (unpaired) electrons. The molecule has 106 valence electrons. The number of aliphatic carboxylic acids is 1. The largest absolute Gasteiger partial charge is 0.481 e. The predicted octanol–water partition coefficient (Wildman–Crippen LogP) is 1.47. The van der Waals surface area contributed by atoms with Crippen molar-refractivity contribution in [2.75, 3.05) is 24.7 Å². The Bertz CT molecular complexity index is 370. The second-order valence-electron chi connectivity index (χ2n) is 5.13. The molecule has 1 N–H and O–H groups in total. The van der Waals surface area contributed by atoms with Crippen molar-refractivity contribution in [1.82, 2.24) is 0 Å². The van der Waals surface area contributed by atoms with Crippen molar-refractivity contribution in [1.29, 1.82) is 0 Å². The van der Waals surface area contributed by atoms with Gasteiger partial charge in [0, 0.05) is 6.61 Å². The summed E-state index contributed by atoms with van der Waals surface area (Å²) >= 11 is 0. The van der Waals surface area contributed by atoms with Gasteiger partial charge >= 0.3 is 5.97 Å². The molecular weight excluding hydrogens is 256 g/mol. The zero-order valence-electron chi connectivity index (χ0n) is 10.9. The van der Waals surface area contributed by atoms with Gasteiger partial charge in [-0.05, 0) is 24.7 Å². The number of carboxylic acids is 1. The second kappa shape index (κ2) is 6.52. The third-order valence-corrected chi connectivity index (χ3v) is 5.03. The van der Waals surface area contributed by atoms with Gasteiger partial charge in [0.25, 0.3) is 0 Å². The lowest BCUT2D eigenvalue weighted by molar-refractivity contribution is -0.138. The first-order valence-electron chi connectivity index (χ1n) is 6.39. The average molecular weight is 278 g/mol. The van der Waals surface area contributed by atoms with Gasteiger partial charge in [-0.3, -0.25) is 4.79 Å². The number of ether oxygens (including phenoxy) is 1. The summed E-state index contributed by atoms with van der Waals surface area (Å²) in [6.07, 6.45) is 3.32. The molecule has 0 amide bonds. The Morgan fingerprint density at radius 1 is 1.33 bits per heavy atom. The molecule has 0 atom stereocenters. The van der Waals surface area contributed by atoms with Gasteiger partial charge < -0.3 is 9.84 Å². The van der Waals surface area contributed by atoms with Crippen molar-refractivity contribution in [2.24, 2.45) is 5.41 Å². The van der Waals surface area contributed by atoms with E-state index in [1.165, 1.54) is 0 Å². The first kappa shape index (κ1) is 15.4. The van der Waals surface area contributed by atoms with E-state index < -0.39 is 21.2 Å². The van der Waals surface area contributed by atoms with Crippen molar-refractivity contribution in [3.63, 3.8) is 0 Å². The summed E-state index contributed by atoms with van der Waals surface area (Å²) in [4.78, 5) is 10.7. The zero-order valence-corrected chi connectivity index (χ0v) is 11.7. The van der Waals surface area contributed by atoms with Crippen LogP contribution in [-0.4, -0.2) is 44.2 Å². The van der Waals surface area contributed by atoms with Gasteiger partial charge in [0.05, 0.1) is 24.5 Å². The Balaban J connectivity index is 2.29. The molecule has 0 aliphatic heterocycles. The molecule has 1 fully saturated rings. The number of hydrogen-bond acceptors (Lipinski definition) is 4. The van der Waals surface area contributed by atoms with Gasteiger partial charge in [0.2, 0.25) is 0 Å². The Labute approximate surface area is 108 Å². The molecule has 0 heterocycles. The lowest BCUT2D eigenvalue weighted by atomic mass is 10.1. The molecule has 1 rings (SSSR count). The third-order valence-electron chi connectivity index (χ3n) is 3.19. The van der Waals surface area contributed by atoms with Gasteiger partial charge in [-0.2, -0.15) is 0 Å². The standard InChI is InChI=1S/C12H22O5S/c1-2-3-6-17-7-8-18(15,16)10-12(4-5-12)9-11(13)14/h2-10H2,1H3,(H,13,14). The minimum absolute atomic E-state index is 0.00190. The fraction of sp³-hybridized carbons (Fsp3) is 0.917. The third kappa shape index (κ3) is 5.82. The van der Waals surface area contributed by atoms with E-state index in [4.69, 9.17) is 9.84 Å². The maximum Gasteiger partial charge on any atom is 0.303 e. The highest BCUT2D eigenvalue weighted by molar-refractivity contribution is 7.91. The monoisotopic (exact) mass is 278 g/mol. The summed E-state index contributed by atoms with van der Waals surface area (Å²) in [5.74, 6) is -0.927. The van der Waals surface area contributed by atoms with Crippen molar-refractivity contribution in [3.05, 3.63) is 0 Å². The quantitative estimate of drug-likeness (QED) is 0.612. The van der Waals surface area contributed by atoms with Crippen molar-refractivity contribution in [3.8, 4) is 0 Å². The smallest absolute Gasteiger partial charge is 0.303 e. The van der Waals surface area contributed by atoms with Gasteiger partial charge in [-0.15, -0.1) is 0 Å². The molecule has 0 bridgehead atoms. The van der Waals surface area contributed by atoms with Crippen LogP contribution in [0.1, 0.15) is 39.0 Å². The maximum atomic E-state index is 11.8. The van der Waals surface area contributed by atoms with Gasteiger partial charge in [0.1, 0.15) is 0 Å². The van der Waals surface area contributed by atoms with Crippen LogP contribution in [0.4, 0.5) is 0 Å².